The summed E-state index contributed by atoms with van der Waals surface area (Å²) >= 11 is 0. The minimum atomic E-state index is -0.108. The number of hydrogen-bond donors (Lipinski definition) is 1. The van der Waals surface area contributed by atoms with Crippen LogP contribution in [0.1, 0.15) is 13.3 Å². The lowest BCUT2D eigenvalue weighted by Gasteiger charge is -2.14. The molecule has 2 rings (SSSR count). The molecule has 1 aromatic carbocycles. The fraction of sp³-hybridized carbons (Fsp3) is 0.429. The van der Waals surface area contributed by atoms with Gasteiger partial charge in [-0.15, -0.1) is 0 Å². The maximum absolute atomic E-state index is 12.1. The van der Waals surface area contributed by atoms with Gasteiger partial charge in [0.2, 0.25) is 5.91 Å². The molecule has 1 fully saturated rings. The number of nitriles is 1. The average molecular weight is 260 g/mol. The summed E-state index contributed by atoms with van der Waals surface area (Å²) < 4.78 is 10.6. The molecule has 0 bridgehead atoms. The molecule has 0 radical (unpaired) electrons. The van der Waals surface area contributed by atoms with Crippen molar-refractivity contribution in [2.45, 2.75) is 19.4 Å². The Labute approximate surface area is 112 Å². The zero-order valence-electron chi connectivity index (χ0n) is 10.8. The average Bonchev–Trinajstić information content (AvgIpc) is 2.83. The van der Waals surface area contributed by atoms with Crippen LogP contribution in [0.15, 0.2) is 24.3 Å². The molecule has 1 aromatic rings. The third-order valence-electron chi connectivity index (χ3n) is 3.12. The summed E-state index contributed by atoms with van der Waals surface area (Å²) in [6, 6.07) is 8.91. The molecular formula is C14H16N2O3. The molecule has 0 aliphatic carbocycles. The maximum Gasteiger partial charge on any atom is 0.230 e. The molecule has 0 spiro atoms. The first-order valence-corrected chi connectivity index (χ1v) is 6.23. The summed E-state index contributed by atoms with van der Waals surface area (Å²) in [7, 11) is 0. The van der Waals surface area contributed by atoms with Gasteiger partial charge in [-0.2, -0.15) is 5.26 Å². The van der Waals surface area contributed by atoms with E-state index in [2.05, 4.69) is 5.32 Å². The van der Waals surface area contributed by atoms with Crippen molar-refractivity contribution in [3.05, 3.63) is 24.3 Å². The topological polar surface area (TPSA) is 71.3 Å². The van der Waals surface area contributed by atoms with E-state index in [0.717, 1.165) is 6.42 Å². The first-order valence-electron chi connectivity index (χ1n) is 6.23. The minimum Gasteiger partial charge on any atom is -0.479 e. The van der Waals surface area contributed by atoms with E-state index >= 15 is 0 Å². The van der Waals surface area contributed by atoms with E-state index in [9.17, 15) is 4.79 Å². The number of hydrogen-bond acceptors (Lipinski definition) is 4. The van der Waals surface area contributed by atoms with Crippen LogP contribution in [0, 0.1) is 17.2 Å². The second-order valence-corrected chi connectivity index (χ2v) is 4.43. The monoisotopic (exact) mass is 260 g/mol. The van der Waals surface area contributed by atoms with Crippen LogP contribution in [0.2, 0.25) is 0 Å². The van der Waals surface area contributed by atoms with E-state index in [1.165, 1.54) is 0 Å². The Morgan fingerprint density at radius 1 is 1.63 bits per heavy atom. The molecule has 5 nitrogen and oxygen atoms in total. The molecule has 2 atom stereocenters. The van der Waals surface area contributed by atoms with Gasteiger partial charge < -0.3 is 14.8 Å². The van der Waals surface area contributed by atoms with Gasteiger partial charge >= 0.3 is 0 Å². The third kappa shape index (κ3) is 3.46. The second-order valence-electron chi connectivity index (χ2n) is 4.43. The summed E-state index contributed by atoms with van der Waals surface area (Å²) in [5.74, 6) is 0.418. The summed E-state index contributed by atoms with van der Waals surface area (Å²) in [6.45, 7) is 2.53. The Morgan fingerprint density at radius 3 is 3.16 bits per heavy atom. The normalized spacial score (nSPS) is 21.7. The zero-order chi connectivity index (χ0) is 13.7. The maximum atomic E-state index is 12.1. The lowest BCUT2D eigenvalue weighted by atomic mass is 10.0. The number of carbonyl (C=O) groups is 1. The Hall–Kier alpha value is -2.06. The lowest BCUT2D eigenvalue weighted by molar-refractivity contribution is -0.121. The van der Waals surface area contributed by atoms with Gasteiger partial charge in [-0.1, -0.05) is 6.07 Å². The predicted molar refractivity (Wildman–Crippen MR) is 69.7 cm³/mol. The fourth-order valence-corrected chi connectivity index (χ4v) is 2.09. The zero-order valence-corrected chi connectivity index (χ0v) is 10.8. The molecule has 100 valence electrons. The minimum absolute atomic E-state index is 0.00903. The van der Waals surface area contributed by atoms with Crippen molar-refractivity contribution in [3.63, 3.8) is 0 Å². The summed E-state index contributed by atoms with van der Waals surface area (Å²) in [6.07, 6.45) is 0.704. The molecule has 1 heterocycles. The van der Waals surface area contributed by atoms with E-state index < -0.39 is 0 Å². The fourth-order valence-electron chi connectivity index (χ4n) is 2.09. The smallest absolute Gasteiger partial charge is 0.230 e. The van der Waals surface area contributed by atoms with E-state index in [0.29, 0.717) is 18.0 Å². The number of nitrogens with one attached hydrogen (secondary N) is 1. The highest BCUT2D eigenvalue weighted by Gasteiger charge is 2.30. The van der Waals surface area contributed by atoms with Gasteiger partial charge in [0.15, 0.2) is 6.61 Å². The summed E-state index contributed by atoms with van der Waals surface area (Å²) in [5.41, 5.74) is 0.666. The van der Waals surface area contributed by atoms with E-state index in [4.69, 9.17) is 14.7 Å². The predicted octanol–water partition coefficient (Wildman–Crippen LogP) is 1.95. The Kier molecular flexibility index (Phi) is 4.37. The van der Waals surface area contributed by atoms with Gasteiger partial charge in [0.25, 0.3) is 0 Å². The van der Waals surface area contributed by atoms with E-state index in [1.807, 2.05) is 13.0 Å². The molecule has 0 saturated carbocycles. The Balaban J connectivity index is 1.98. The van der Waals surface area contributed by atoms with Gasteiger partial charge in [-0.05, 0) is 25.5 Å². The van der Waals surface area contributed by atoms with Crippen LogP contribution in [-0.4, -0.2) is 25.2 Å². The van der Waals surface area contributed by atoms with Crippen molar-refractivity contribution in [1.82, 2.24) is 0 Å². The number of ether oxygens (including phenoxy) is 2. The van der Waals surface area contributed by atoms with Crippen molar-refractivity contribution in [3.8, 4) is 11.8 Å². The van der Waals surface area contributed by atoms with Gasteiger partial charge in [-0.3, -0.25) is 4.79 Å². The first kappa shape index (κ1) is 13.4. The SMILES string of the molecule is CC1OCCC1C(=O)Nc1cccc(OCC#N)c1. The largest absolute Gasteiger partial charge is 0.479 e. The molecule has 2 unspecified atom stereocenters. The van der Waals surface area contributed by atoms with Crippen LogP contribution in [0.25, 0.3) is 0 Å². The van der Waals surface area contributed by atoms with Gasteiger partial charge in [0, 0.05) is 18.4 Å². The number of carbonyl (C=O) groups excluding carboxylic acids is 1. The van der Waals surface area contributed by atoms with Crippen LogP contribution >= 0.6 is 0 Å². The van der Waals surface area contributed by atoms with Gasteiger partial charge in [0.1, 0.15) is 11.8 Å². The molecule has 5 heteroatoms. The summed E-state index contributed by atoms with van der Waals surface area (Å²) in [5, 5.41) is 11.3. The van der Waals surface area contributed by atoms with Crippen molar-refractivity contribution in [2.75, 3.05) is 18.5 Å². The summed E-state index contributed by atoms with van der Waals surface area (Å²) in [4.78, 5) is 12.1. The molecule has 1 aliphatic heterocycles. The molecule has 1 aliphatic rings. The first-order chi connectivity index (χ1) is 9.20. The molecule has 1 saturated heterocycles. The second kappa shape index (κ2) is 6.21. The highest BCUT2D eigenvalue weighted by molar-refractivity contribution is 5.93. The molecule has 0 aromatic heterocycles. The highest BCUT2D eigenvalue weighted by atomic mass is 16.5. The number of rotatable bonds is 4. The number of nitrogens with zero attached hydrogens (tertiary/aromatic N) is 1. The van der Waals surface area contributed by atoms with Crippen LogP contribution in [0.4, 0.5) is 5.69 Å². The van der Waals surface area contributed by atoms with Crippen LogP contribution < -0.4 is 10.1 Å². The van der Waals surface area contributed by atoms with Crippen molar-refractivity contribution in [1.29, 1.82) is 5.26 Å². The van der Waals surface area contributed by atoms with Crippen molar-refractivity contribution in [2.24, 2.45) is 5.92 Å². The van der Waals surface area contributed by atoms with Crippen LogP contribution in [0.5, 0.6) is 5.75 Å². The molecular weight excluding hydrogens is 244 g/mol. The standard InChI is InChI=1S/C14H16N2O3/c1-10-13(5-7-18-10)14(17)16-11-3-2-4-12(9-11)19-8-6-15/h2-4,9-10,13H,5,7-8H2,1H3,(H,16,17). The number of anilines is 1. The van der Waals surface area contributed by atoms with E-state index in [1.54, 1.807) is 24.3 Å². The molecule has 19 heavy (non-hydrogen) atoms. The molecule has 1 amide bonds. The number of benzene rings is 1. The lowest BCUT2D eigenvalue weighted by Crippen LogP contribution is -2.27. The Bertz CT molecular complexity index is 496. The van der Waals surface area contributed by atoms with Gasteiger partial charge in [-0.25, -0.2) is 0 Å². The Morgan fingerprint density at radius 2 is 2.47 bits per heavy atom. The third-order valence-corrected chi connectivity index (χ3v) is 3.12. The van der Waals surface area contributed by atoms with Gasteiger partial charge in [0.05, 0.1) is 12.0 Å². The van der Waals surface area contributed by atoms with Crippen molar-refractivity contribution >= 4 is 11.6 Å². The molecule has 1 N–H and O–H groups in total. The highest BCUT2D eigenvalue weighted by Crippen LogP contribution is 2.23. The van der Waals surface area contributed by atoms with Crippen LogP contribution in [0.3, 0.4) is 0 Å². The van der Waals surface area contributed by atoms with Crippen LogP contribution in [-0.2, 0) is 9.53 Å². The number of amides is 1. The quantitative estimate of drug-likeness (QED) is 0.898. The van der Waals surface area contributed by atoms with E-state index in [-0.39, 0.29) is 24.5 Å². The van der Waals surface area contributed by atoms with Crippen molar-refractivity contribution < 1.29 is 14.3 Å².